The number of hydrogen-bond donors (Lipinski definition) is 1. The van der Waals surface area contributed by atoms with Gasteiger partial charge in [0.25, 0.3) is 0 Å². The first-order valence-electron chi connectivity index (χ1n) is 7.91. The van der Waals surface area contributed by atoms with Crippen molar-refractivity contribution in [2.45, 2.75) is 19.3 Å². The summed E-state index contributed by atoms with van der Waals surface area (Å²) in [6.45, 7) is 1.59. The SMILES string of the molecule is NC(=O)N1CCC(Cc2ccc(-c3ccccc3)cc2)CC1. The van der Waals surface area contributed by atoms with E-state index in [0.29, 0.717) is 5.92 Å². The van der Waals surface area contributed by atoms with E-state index >= 15 is 0 Å². The lowest BCUT2D eigenvalue weighted by Gasteiger charge is -2.30. The maximum Gasteiger partial charge on any atom is 0.314 e. The van der Waals surface area contributed by atoms with E-state index in [1.165, 1.54) is 16.7 Å². The molecule has 2 amide bonds. The molecule has 1 heterocycles. The molecule has 114 valence electrons. The number of benzene rings is 2. The van der Waals surface area contributed by atoms with Gasteiger partial charge in [0, 0.05) is 13.1 Å². The number of piperidine rings is 1. The molecule has 1 fully saturated rings. The normalized spacial score (nSPS) is 15.7. The van der Waals surface area contributed by atoms with Crippen molar-refractivity contribution >= 4 is 6.03 Å². The van der Waals surface area contributed by atoms with Gasteiger partial charge in [-0.3, -0.25) is 0 Å². The second-order valence-corrected chi connectivity index (χ2v) is 6.04. The Morgan fingerprint density at radius 3 is 2.14 bits per heavy atom. The largest absolute Gasteiger partial charge is 0.351 e. The van der Waals surface area contributed by atoms with Crippen molar-refractivity contribution in [3.8, 4) is 11.1 Å². The van der Waals surface area contributed by atoms with Crippen LogP contribution in [0.3, 0.4) is 0 Å². The van der Waals surface area contributed by atoms with E-state index < -0.39 is 0 Å². The zero-order valence-corrected chi connectivity index (χ0v) is 12.7. The molecule has 0 unspecified atom stereocenters. The summed E-state index contributed by atoms with van der Waals surface area (Å²) < 4.78 is 0. The Morgan fingerprint density at radius 1 is 0.955 bits per heavy atom. The lowest BCUT2D eigenvalue weighted by Crippen LogP contribution is -2.41. The highest BCUT2D eigenvalue weighted by Crippen LogP contribution is 2.24. The number of nitrogens with zero attached hydrogens (tertiary/aromatic N) is 1. The van der Waals surface area contributed by atoms with E-state index in [0.717, 1.165) is 32.4 Å². The molecule has 2 N–H and O–H groups in total. The van der Waals surface area contributed by atoms with Gasteiger partial charge in [-0.25, -0.2) is 4.79 Å². The van der Waals surface area contributed by atoms with Crippen molar-refractivity contribution in [2.24, 2.45) is 11.7 Å². The van der Waals surface area contributed by atoms with E-state index in [-0.39, 0.29) is 6.03 Å². The van der Waals surface area contributed by atoms with Crippen LogP contribution >= 0.6 is 0 Å². The maximum atomic E-state index is 11.1. The minimum absolute atomic E-state index is 0.286. The topological polar surface area (TPSA) is 46.3 Å². The fourth-order valence-corrected chi connectivity index (χ4v) is 3.15. The Bertz CT molecular complexity index is 614. The maximum absolute atomic E-state index is 11.1. The van der Waals surface area contributed by atoms with Crippen LogP contribution in [0.25, 0.3) is 11.1 Å². The van der Waals surface area contributed by atoms with Crippen molar-refractivity contribution in [1.82, 2.24) is 4.90 Å². The summed E-state index contributed by atoms with van der Waals surface area (Å²) >= 11 is 0. The van der Waals surface area contributed by atoms with Gasteiger partial charge in [0.05, 0.1) is 0 Å². The zero-order chi connectivity index (χ0) is 15.4. The summed E-state index contributed by atoms with van der Waals surface area (Å²) in [6.07, 6.45) is 3.18. The molecular formula is C19H22N2O. The highest BCUT2D eigenvalue weighted by Gasteiger charge is 2.21. The number of rotatable bonds is 3. The minimum atomic E-state index is -0.286. The van der Waals surface area contributed by atoms with Crippen LogP contribution in [-0.4, -0.2) is 24.0 Å². The van der Waals surface area contributed by atoms with Gasteiger partial charge < -0.3 is 10.6 Å². The Kier molecular flexibility index (Phi) is 4.42. The minimum Gasteiger partial charge on any atom is -0.351 e. The zero-order valence-electron chi connectivity index (χ0n) is 12.7. The summed E-state index contributed by atoms with van der Waals surface area (Å²) in [6, 6.07) is 19.0. The van der Waals surface area contributed by atoms with Crippen LogP contribution in [0.2, 0.25) is 0 Å². The van der Waals surface area contributed by atoms with Crippen molar-refractivity contribution in [1.29, 1.82) is 0 Å². The fraction of sp³-hybridized carbons (Fsp3) is 0.316. The Balaban J connectivity index is 1.59. The van der Waals surface area contributed by atoms with Crippen LogP contribution in [-0.2, 0) is 6.42 Å². The molecule has 3 rings (SSSR count). The highest BCUT2D eigenvalue weighted by atomic mass is 16.2. The van der Waals surface area contributed by atoms with Crippen LogP contribution in [0.4, 0.5) is 4.79 Å². The Labute approximate surface area is 131 Å². The van der Waals surface area contributed by atoms with Crippen LogP contribution in [0, 0.1) is 5.92 Å². The smallest absolute Gasteiger partial charge is 0.314 e. The molecule has 0 radical (unpaired) electrons. The number of carbonyl (C=O) groups is 1. The molecule has 2 aromatic carbocycles. The Hall–Kier alpha value is -2.29. The standard InChI is InChI=1S/C19H22N2O/c20-19(22)21-12-10-16(11-13-21)14-15-6-8-18(9-7-15)17-4-2-1-3-5-17/h1-9,16H,10-14H2,(H2,20,22). The lowest BCUT2D eigenvalue weighted by molar-refractivity contribution is 0.179. The predicted octanol–water partition coefficient (Wildman–Crippen LogP) is 3.69. The molecule has 1 aliphatic rings. The number of primary amides is 1. The van der Waals surface area contributed by atoms with Crippen LogP contribution in [0.15, 0.2) is 54.6 Å². The third kappa shape index (κ3) is 3.48. The molecule has 0 atom stereocenters. The number of likely N-dealkylation sites (tertiary alicyclic amines) is 1. The predicted molar refractivity (Wildman–Crippen MR) is 89.5 cm³/mol. The Morgan fingerprint density at radius 2 is 1.55 bits per heavy atom. The highest BCUT2D eigenvalue weighted by molar-refractivity contribution is 5.72. The van der Waals surface area contributed by atoms with E-state index in [4.69, 9.17) is 5.73 Å². The molecule has 0 bridgehead atoms. The van der Waals surface area contributed by atoms with Crippen molar-refractivity contribution in [3.63, 3.8) is 0 Å². The quantitative estimate of drug-likeness (QED) is 0.922. The molecule has 0 saturated carbocycles. The molecule has 2 aromatic rings. The molecule has 0 aliphatic carbocycles. The van der Waals surface area contributed by atoms with E-state index in [2.05, 4.69) is 48.5 Å². The van der Waals surface area contributed by atoms with Gasteiger partial charge in [0.15, 0.2) is 0 Å². The van der Waals surface area contributed by atoms with Crippen LogP contribution < -0.4 is 5.73 Å². The average Bonchev–Trinajstić information content (AvgIpc) is 2.57. The van der Waals surface area contributed by atoms with E-state index in [1.54, 1.807) is 4.90 Å². The average molecular weight is 294 g/mol. The van der Waals surface area contributed by atoms with E-state index in [9.17, 15) is 4.79 Å². The number of nitrogens with two attached hydrogens (primary N) is 1. The van der Waals surface area contributed by atoms with Gasteiger partial charge in [0.1, 0.15) is 0 Å². The van der Waals surface area contributed by atoms with Gasteiger partial charge in [-0.1, -0.05) is 54.6 Å². The number of amides is 2. The van der Waals surface area contributed by atoms with Crippen LogP contribution in [0.1, 0.15) is 18.4 Å². The van der Waals surface area contributed by atoms with Crippen molar-refractivity contribution < 1.29 is 4.79 Å². The first kappa shape index (κ1) is 14.6. The van der Waals surface area contributed by atoms with Crippen molar-refractivity contribution in [2.75, 3.05) is 13.1 Å². The fourth-order valence-electron chi connectivity index (χ4n) is 3.15. The molecule has 22 heavy (non-hydrogen) atoms. The first-order valence-corrected chi connectivity index (χ1v) is 7.91. The number of urea groups is 1. The van der Waals surface area contributed by atoms with Crippen molar-refractivity contribution in [3.05, 3.63) is 60.2 Å². The summed E-state index contributed by atoms with van der Waals surface area (Å²) in [5.74, 6) is 0.651. The third-order valence-electron chi connectivity index (χ3n) is 4.51. The van der Waals surface area contributed by atoms with Gasteiger partial charge >= 0.3 is 6.03 Å². The molecule has 0 aromatic heterocycles. The number of carbonyl (C=O) groups excluding carboxylic acids is 1. The summed E-state index contributed by atoms with van der Waals surface area (Å²) in [5.41, 5.74) is 9.21. The van der Waals surface area contributed by atoms with Gasteiger partial charge in [-0.05, 0) is 41.9 Å². The lowest BCUT2D eigenvalue weighted by atomic mass is 9.89. The van der Waals surface area contributed by atoms with E-state index in [1.807, 2.05) is 6.07 Å². The number of hydrogen-bond acceptors (Lipinski definition) is 1. The summed E-state index contributed by atoms with van der Waals surface area (Å²) in [7, 11) is 0. The molecule has 1 aliphatic heterocycles. The van der Waals surface area contributed by atoms with Crippen LogP contribution in [0.5, 0.6) is 0 Å². The van der Waals surface area contributed by atoms with Gasteiger partial charge in [-0.15, -0.1) is 0 Å². The molecule has 3 nitrogen and oxygen atoms in total. The van der Waals surface area contributed by atoms with Gasteiger partial charge in [-0.2, -0.15) is 0 Å². The molecule has 0 spiro atoms. The molecule has 1 saturated heterocycles. The first-order chi connectivity index (χ1) is 10.7. The molecule has 3 heteroatoms. The second kappa shape index (κ2) is 6.65. The summed E-state index contributed by atoms with van der Waals surface area (Å²) in [5, 5.41) is 0. The molecular weight excluding hydrogens is 272 g/mol. The third-order valence-corrected chi connectivity index (χ3v) is 4.51. The monoisotopic (exact) mass is 294 g/mol. The summed E-state index contributed by atoms with van der Waals surface area (Å²) in [4.78, 5) is 12.9. The second-order valence-electron chi connectivity index (χ2n) is 6.04. The van der Waals surface area contributed by atoms with Gasteiger partial charge in [0.2, 0.25) is 0 Å².